The standard InChI is InChI=1S/C14H12BrNO/c15-11-4-3-5-12(10-11)16-8-9-17-14-7-2-1-6-13(14)16/h1-7,10H,8-9H2. The van der Waals surface area contributed by atoms with Crippen LogP contribution >= 0.6 is 15.9 Å². The first-order valence-electron chi connectivity index (χ1n) is 5.59. The van der Waals surface area contributed by atoms with Gasteiger partial charge in [-0.2, -0.15) is 0 Å². The molecule has 2 aromatic carbocycles. The molecule has 3 rings (SSSR count). The van der Waals surface area contributed by atoms with Gasteiger partial charge in [0.15, 0.2) is 0 Å². The Morgan fingerprint density at radius 3 is 2.82 bits per heavy atom. The van der Waals surface area contributed by atoms with Crippen molar-refractivity contribution in [3.8, 4) is 5.75 Å². The summed E-state index contributed by atoms with van der Waals surface area (Å²) in [4.78, 5) is 2.28. The monoisotopic (exact) mass is 289 g/mol. The average molecular weight is 290 g/mol. The predicted octanol–water partition coefficient (Wildman–Crippen LogP) is 3.98. The number of ether oxygens (including phenoxy) is 1. The lowest BCUT2D eigenvalue weighted by atomic mass is 10.2. The topological polar surface area (TPSA) is 12.5 Å². The number of hydrogen-bond donors (Lipinski definition) is 0. The number of nitrogens with zero attached hydrogens (tertiary/aromatic N) is 1. The molecule has 2 aromatic rings. The Morgan fingerprint density at radius 1 is 1.06 bits per heavy atom. The summed E-state index contributed by atoms with van der Waals surface area (Å²) >= 11 is 3.51. The van der Waals surface area contributed by atoms with Crippen LogP contribution in [0.5, 0.6) is 5.75 Å². The van der Waals surface area contributed by atoms with E-state index in [0.717, 1.165) is 29.1 Å². The van der Waals surface area contributed by atoms with E-state index in [1.54, 1.807) is 0 Å². The van der Waals surface area contributed by atoms with E-state index in [1.165, 1.54) is 5.69 Å². The Bertz CT molecular complexity index is 541. The first-order valence-corrected chi connectivity index (χ1v) is 6.39. The lowest BCUT2D eigenvalue weighted by molar-refractivity contribution is 0.314. The van der Waals surface area contributed by atoms with Crippen LogP contribution in [0, 0.1) is 0 Å². The number of rotatable bonds is 1. The van der Waals surface area contributed by atoms with Crippen LogP contribution in [0.4, 0.5) is 11.4 Å². The van der Waals surface area contributed by atoms with Crippen molar-refractivity contribution < 1.29 is 4.74 Å². The van der Waals surface area contributed by atoms with Gasteiger partial charge in [-0.3, -0.25) is 0 Å². The van der Waals surface area contributed by atoms with Gasteiger partial charge in [0.1, 0.15) is 12.4 Å². The van der Waals surface area contributed by atoms with E-state index in [2.05, 4.69) is 45.1 Å². The molecule has 0 amide bonds. The number of halogens is 1. The quantitative estimate of drug-likeness (QED) is 0.787. The van der Waals surface area contributed by atoms with E-state index in [1.807, 2.05) is 24.3 Å². The molecular formula is C14H12BrNO. The Hall–Kier alpha value is -1.48. The molecule has 0 radical (unpaired) electrons. The largest absolute Gasteiger partial charge is 0.490 e. The van der Waals surface area contributed by atoms with Crippen molar-refractivity contribution in [3.63, 3.8) is 0 Å². The van der Waals surface area contributed by atoms with Gasteiger partial charge in [-0.15, -0.1) is 0 Å². The first-order chi connectivity index (χ1) is 8.34. The van der Waals surface area contributed by atoms with Gasteiger partial charge < -0.3 is 9.64 Å². The highest BCUT2D eigenvalue weighted by Gasteiger charge is 2.18. The summed E-state index contributed by atoms with van der Waals surface area (Å²) in [7, 11) is 0. The summed E-state index contributed by atoms with van der Waals surface area (Å²) in [5.41, 5.74) is 2.33. The Labute approximate surface area is 109 Å². The van der Waals surface area contributed by atoms with Crippen LogP contribution in [0.3, 0.4) is 0 Å². The second-order valence-corrected chi connectivity index (χ2v) is 4.86. The van der Waals surface area contributed by atoms with Crippen molar-refractivity contribution in [2.75, 3.05) is 18.1 Å². The molecule has 0 N–H and O–H groups in total. The number of para-hydroxylation sites is 2. The molecule has 86 valence electrons. The molecule has 0 spiro atoms. The zero-order valence-electron chi connectivity index (χ0n) is 9.27. The first kappa shape index (κ1) is 10.7. The van der Waals surface area contributed by atoms with E-state index < -0.39 is 0 Å². The molecule has 0 atom stereocenters. The fourth-order valence-electron chi connectivity index (χ4n) is 2.08. The molecule has 0 aliphatic carbocycles. The van der Waals surface area contributed by atoms with Gasteiger partial charge in [-0.05, 0) is 30.3 Å². The molecule has 0 saturated heterocycles. The third-order valence-corrected chi connectivity index (χ3v) is 3.34. The lowest BCUT2D eigenvalue weighted by Crippen LogP contribution is -2.28. The maximum Gasteiger partial charge on any atom is 0.143 e. The highest BCUT2D eigenvalue weighted by Crippen LogP contribution is 2.36. The molecule has 0 fully saturated rings. The summed E-state index contributed by atoms with van der Waals surface area (Å²) in [5.74, 6) is 0.957. The Balaban J connectivity index is 2.06. The summed E-state index contributed by atoms with van der Waals surface area (Å²) in [6.45, 7) is 1.61. The average Bonchev–Trinajstić information content (AvgIpc) is 2.38. The maximum atomic E-state index is 5.65. The lowest BCUT2D eigenvalue weighted by Gasteiger charge is -2.31. The van der Waals surface area contributed by atoms with Crippen molar-refractivity contribution in [2.24, 2.45) is 0 Å². The van der Waals surface area contributed by atoms with Crippen LogP contribution in [0.25, 0.3) is 0 Å². The predicted molar refractivity (Wildman–Crippen MR) is 73.1 cm³/mol. The third-order valence-electron chi connectivity index (χ3n) is 2.85. The summed E-state index contributed by atoms with van der Waals surface area (Å²) < 4.78 is 6.75. The zero-order valence-corrected chi connectivity index (χ0v) is 10.9. The van der Waals surface area contributed by atoms with Crippen molar-refractivity contribution in [1.29, 1.82) is 0 Å². The molecular weight excluding hydrogens is 278 g/mol. The summed E-state index contributed by atoms with van der Waals surface area (Å²) in [6, 6.07) is 16.5. The van der Waals surface area contributed by atoms with Crippen LogP contribution in [-0.2, 0) is 0 Å². The molecule has 1 aliphatic heterocycles. The van der Waals surface area contributed by atoms with Gasteiger partial charge in [0, 0.05) is 10.2 Å². The van der Waals surface area contributed by atoms with E-state index in [4.69, 9.17) is 4.74 Å². The van der Waals surface area contributed by atoms with Crippen LogP contribution in [0.1, 0.15) is 0 Å². The van der Waals surface area contributed by atoms with E-state index in [0.29, 0.717) is 0 Å². The fraction of sp³-hybridized carbons (Fsp3) is 0.143. The van der Waals surface area contributed by atoms with Gasteiger partial charge in [0.2, 0.25) is 0 Å². The second-order valence-electron chi connectivity index (χ2n) is 3.95. The minimum Gasteiger partial charge on any atom is -0.490 e. The Kier molecular flexibility index (Phi) is 2.77. The summed E-state index contributed by atoms with van der Waals surface area (Å²) in [6.07, 6.45) is 0. The molecule has 0 aromatic heterocycles. The van der Waals surface area contributed by atoms with Crippen LogP contribution in [0.15, 0.2) is 53.0 Å². The van der Waals surface area contributed by atoms with Gasteiger partial charge in [0.05, 0.1) is 12.2 Å². The molecule has 0 bridgehead atoms. The normalized spacial score (nSPS) is 14.1. The molecule has 0 unspecified atom stereocenters. The zero-order chi connectivity index (χ0) is 11.7. The smallest absolute Gasteiger partial charge is 0.143 e. The van der Waals surface area contributed by atoms with Crippen molar-refractivity contribution in [2.45, 2.75) is 0 Å². The fourth-order valence-corrected chi connectivity index (χ4v) is 2.47. The summed E-state index contributed by atoms with van der Waals surface area (Å²) in [5, 5.41) is 0. The Morgan fingerprint density at radius 2 is 1.94 bits per heavy atom. The van der Waals surface area contributed by atoms with Gasteiger partial charge >= 0.3 is 0 Å². The van der Waals surface area contributed by atoms with Gasteiger partial charge in [0.25, 0.3) is 0 Å². The van der Waals surface area contributed by atoms with Gasteiger partial charge in [-0.1, -0.05) is 34.1 Å². The molecule has 17 heavy (non-hydrogen) atoms. The molecule has 3 heteroatoms. The highest BCUT2D eigenvalue weighted by atomic mass is 79.9. The molecule has 0 saturated carbocycles. The number of benzene rings is 2. The van der Waals surface area contributed by atoms with E-state index in [9.17, 15) is 0 Å². The molecule has 1 aliphatic rings. The minimum absolute atomic E-state index is 0.726. The number of hydrogen-bond acceptors (Lipinski definition) is 2. The van der Waals surface area contributed by atoms with Crippen molar-refractivity contribution in [1.82, 2.24) is 0 Å². The highest BCUT2D eigenvalue weighted by molar-refractivity contribution is 9.10. The van der Waals surface area contributed by atoms with Gasteiger partial charge in [-0.25, -0.2) is 0 Å². The second kappa shape index (κ2) is 4.41. The number of anilines is 2. The van der Waals surface area contributed by atoms with Crippen LogP contribution < -0.4 is 9.64 Å². The third kappa shape index (κ3) is 2.03. The maximum absolute atomic E-state index is 5.65. The SMILES string of the molecule is Brc1cccc(N2CCOc3ccccc32)c1. The van der Waals surface area contributed by atoms with Crippen LogP contribution in [-0.4, -0.2) is 13.2 Å². The minimum atomic E-state index is 0.726. The number of fused-ring (bicyclic) bond motifs is 1. The molecule has 2 nitrogen and oxygen atoms in total. The van der Waals surface area contributed by atoms with E-state index in [-0.39, 0.29) is 0 Å². The van der Waals surface area contributed by atoms with E-state index >= 15 is 0 Å². The van der Waals surface area contributed by atoms with Crippen molar-refractivity contribution in [3.05, 3.63) is 53.0 Å². The molecule has 1 heterocycles. The van der Waals surface area contributed by atoms with Crippen LogP contribution in [0.2, 0.25) is 0 Å². The van der Waals surface area contributed by atoms with Crippen molar-refractivity contribution >= 4 is 27.3 Å².